The lowest BCUT2D eigenvalue weighted by molar-refractivity contribution is -0.137. The van der Waals surface area contributed by atoms with Crippen LogP contribution in [0.1, 0.15) is 25.7 Å². The van der Waals surface area contributed by atoms with Gasteiger partial charge in [0.05, 0.1) is 13.0 Å². The molecule has 0 aromatic rings. The van der Waals surface area contributed by atoms with Crippen LogP contribution in [0, 0.1) is 11.8 Å². The van der Waals surface area contributed by atoms with E-state index in [1.165, 1.54) is 0 Å². The SMILES string of the molecule is COCC1CCN(C(=O)NC(CC(=O)O)C2CC2)C1. The minimum atomic E-state index is -0.851. The highest BCUT2D eigenvalue weighted by Crippen LogP contribution is 2.34. The number of carbonyl (C=O) groups excluding carboxylic acids is 1. The van der Waals surface area contributed by atoms with Crippen molar-refractivity contribution in [2.45, 2.75) is 31.7 Å². The number of methoxy groups -OCH3 is 1. The summed E-state index contributed by atoms with van der Waals surface area (Å²) in [6, 6.07) is -0.344. The molecule has 0 aromatic carbocycles. The Hall–Kier alpha value is -1.30. The summed E-state index contributed by atoms with van der Waals surface area (Å²) < 4.78 is 5.10. The highest BCUT2D eigenvalue weighted by atomic mass is 16.5. The zero-order chi connectivity index (χ0) is 13.8. The maximum absolute atomic E-state index is 12.1. The molecule has 19 heavy (non-hydrogen) atoms. The highest BCUT2D eigenvalue weighted by Gasteiger charge is 2.35. The molecule has 0 aromatic heterocycles. The number of amides is 2. The van der Waals surface area contributed by atoms with Crippen LogP contribution in [0.25, 0.3) is 0 Å². The first-order chi connectivity index (χ1) is 9.10. The van der Waals surface area contributed by atoms with Gasteiger partial charge in [-0.25, -0.2) is 4.79 Å². The minimum absolute atomic E-state index is 0.0196. The van der Waals surface area contributed by atoms with E-state index in [1.807, 2.05) is 0 Å². The van der Waals surface area contributed by atoms with Crippen molar-refractivity contribution in [3.63, 3.8) is 0 Å². The van der Waals surface area contributed by atoms with Crippen LogP contribution in [0.3, 0.4) is 0 Å². The number of nitrogens with zero attached hydrogens (tertiary/aromatic N) is 1. The fourth-order valence-corrected chi connectivity index (χ4v) is 2.66. The molecule has 6 heteroatoms. The van der Waals surface area contributed by atoms with Crippen molar-refractivity contribution in [3.8, 4) is 0 Å². The number of carboxylic acid groups (broad SMARTS) is 1. The largest absolute Gasteiger partial charge is 0.481 e. The normalized spacial score (nSPS) is 24.3. The number of nitrogens with one attached hydrogen (secondary N) is 1. The minimum Gasteiger partial charge on any atom is -0.481 e. The number of likely N-dealkylation sites (tertiary alicyclic amines) is 1. The van der Waals surface area contributed by atoms with Crippen molar-refractivity contribution >= 4 is 12.0 Å². The summed E-state index contributed by atoms with van der Waals surface area (Å²) in [6.07, 6.45) is 3.01. The van der Waals surface area contributed by atoms with E-state index in [4.69, 9.17) is 9.84 Å². The van der Waals surface area contributed by atoms with Gasteiger partial charge in [-0.15, -0.1) is 0 Å². The second-order valence-corrected chi connectivity index (χ2v) is 5.55. The van der Waals surface area contributed by atoms with Crippen LogP contribution < -0.4 is 5.32 Å². The lowest BCUT2D eigenvalue weighted by Gasteiger charge is -2.22. The summed E-state index contributed by atoms with van der Waals surface area (Å²) in [5, 5.41) is 11.7. The molecule has 2 N–H and O–H groups in total. The zero-order valence-electron chi connectivity index (χ0n) is 11.3. The van der Waals surface area contributed by atoms with Crippen LogP contribution in [-0.4, -0.2) is 54.9 Å². The van der Waals surface area contributed by atoms with Crippen molar-refractivity contribution in [2.24, 2.45) is 11.8 Å². The molecule has 0 spiro atoms. The summed E-state index contributed by atoms with van der Waals surface area (Å²) in [6.45, 7) is 2.10. The Balaban J connectivity index is 1.80. The maximum Gasteiger partial charge on any atom is 0.317 e. The van der Waals surface area contributed by atoms with Crippen molar-refractivity contribution in [3.05, 3.63) is 0 Å². The fourth-order valence-electron chi connectivity index (χ4n) is 2.66. The molecular formula is C13H22N2O4. The molecule has 1 saturated carbocycles. The lowest BCUT2D eigenvalue weighted by Crippen LogP contribution is -2.45. The summed E-state index contributed by atoms with van der Waals surface area (Å²) in [4.78, 5) is 24.7. The Morgan fingerprint density at radius 3 is 2.74 bits per heavy atom. The van der Waals surface area contributed by atoms with E-state index >= 15 is 0 Å². The third-order valence-electron chi connectivity index (χ3n) is 3.87. The third kappa shape index (κ3) is 4.09. The van der Waals surface area contributed by atoms with Gasteiger partial charge < -0.3 is 20.1 Å². The smallest absolute Gasteiger partial charge is 0.317 e. The Morgan fingerprint density at radius 2 is 2.16 bits per heavy atom. The van der Waals surface area contributed by atoms with Crippen LogP contribution in [0.4, 0.5) is 4.79 Å². The zero-order valence-corrected chi connectivity index (χ0v) is 11.3. The number of rotatable bonds is 6. The molecule has 0 bridgehead atoms. The molecule has 6 nitrogen and oxygen atoms in total. The molecule has 2 atom stereocenters. The average molecular weight is 270 g/mol. The first-order valence-corrected chi connectivity index (χ1v) is 6.86. The number of ether oxygens (including phenoxy) is 1. The van der Waals surface area contributed by atoms with Gasteiger partial charge in [0.25, 0.3) is 0 Å². The van der Waals surface area contributed by atoms with Gasteiger partial charge in [-0.2, -0.15) is 0 Å². The molecule has 1 heterocycles. The predicted octanol–water partition coefficient (Wildman–Crippen LogP) is 0.918. The summed E-state index contributed by atoms with van der Waals surface area (Å²) in [5.41, 5.74) is 0. The number of carbonyl (C=O) groups is 2. The van der Waals surface area contributed by atoms with E-state index in [9.17, 15) is 9.59 Å². The number of hydrogen-bond donors (Lipinski definition) is 2. The van der Waals surface area contributed by atoms with Crippen molar-refractivity contribution in [1.29, 1.82) is 0 Å². The van der Waals surface area contributed by atoms with Crippen LogP contribution in [-0.2, 0) is 9.53 Å². The van der Waals surface area contributed by atoms with E-state index in [0.717, 1.165) is 25.8 Å². The second kappa shape index (κ2) is 6.23. The van der Waals surface area contributed by atoms with Gasteiger partial charge in [-0.3, -0.25) is 4.79 Å². The average Bonchev–Trinajstić information content (AvgIpc) is 3.09. The van der Waals surface area contributed by atoms with Crippen LogP contribution in [0.15, 0.2) is 0 Å². The molecule has 108 valence electrons. The first kappa shape index (κ1) is 14.1. The van der Waals surface area contributed by atoms with Gasteiger partial charge in [0, 0.05) is 32.2 Å². The summed E-state index contributed by atoms with van der Waals surface area (Å²) >= 11 is 0. The number of carboxylic acids is 1. The monoisotopic (exact) mass is 270 g/mol. The van der Waals surface area contributed by atoms with E-state index in [1.54, 1.807) is 12.0 Å². The molecular weight excluding hydrogens is 248 g/mol. The van der Waals surface area contributed by atoms with E-state index in [0.29, 0.717) is 25.0 Å². The van der Waals surface area contributed by atoms with Crippen molar-refractivity contribution in [1.82, 2.24) is 10.2 Å². The fraction of sp³-hybridized carbons (Fsp3) is 0.846. The van der Waals surface area contributed by atoms with Gasteiger partial charge in [0.15, 0.2) is 0 Å². The number of aliphatic carboxylic acids is 1. The predicted molar refractivity (Wildman–Crippen MR) is 68.9 cm³/mol. The molecule has 2 fully saturated rings. The molecule has 1 aliphatic carbocycles. The van der Waals surface area contributed by atoms with Crippen LogP contribution in [0.2, 0.25) is 0 Å². The Kier molecular flexibility index (Phi) is 4.63. The number of urea groups is 1. The lowest BCUT2D eigenvalue weighted by atomic mass is 10.1. The van der Waals surface area contributed by atoms with Gasteiger partial charge in [0.1, 0.15) is 0 Å². The van der Waals surface area contributed by atoms with E-state index < -0.39 is 5.97 Å². The first-order valence-electron chi connectivity index (χ1n) is 6.86. The quantitative estimate of drug-likeness (QED) is 0.752. The molecule has 0 radical (unpaired) electrons. The topological polar surface area (TPSA) is 78.9 Å². The Labute approximate surface area is 113 Å². The van der Waals surface area contributed by atoms with Crippen LogP contribution in [0.5, 0.6) is 0 Å². The maximum atomic E-state index is 12.1. The van der Waals surface area contributed by atoms with Gasteiger partial charge >= 0.3 is 12.0 Å². The highest BCUT2D eigenvalue weighted by molar-refractivity contribution is 5.76. The molecule has 2 unspecified atom stereocenters. The van der Waals surface area contributed by atoms with Gasteiger partial charge in [-0.1, -0.05) is 0 Å². The number of hydrogen-bond acceptors (Lipinski definition) is 3. The molecule has 1 saturated heterocycles. The van der Waals surface area contributed by atoms with E-state index in [2.05, 4.69) is 5.32 Å². The molecule has 2 aliphatic rings. The standard InChI is InChI=1S/C13H22N2O4/c1-19-8-9-4-5-15(7-9)13(18)14-11(6-12(16)17)10-2-3-10/h9-11H,2-8H2,1H3,(H,14,18)(H,16,17). The van der Waals surface area contributed by atoms with Crippen molar-refractivity contribution in [2.75, 3.05) is 26.8 Å². The van der Waals surface area contributed by atoms with Gasteiger partial charge in [0.2, 0.25) is 0 Å². The van der Waals surface area contributed by atoms with Crippen molar-refractivity contribution < 1.29 is 19.4 Å². The van der Waals surface area contributed by atoms with Crippen LogP contribution >= 0.6 is 0 Å². The second-order valence-electron chi connectivity index (χ2n) is 5.55. The molecule has 2 rings (SSSR count). The molecule has 1 aliphatic heterocycles. The third-order valence-corrected chi connectivity index (χ3v) is 3.87. The van der Waals surface area contributed by atoms with Gasteiger partial charge in [-0.05, 0) is 25.2 Å². The summed E-state index contributed by atoms with van der Waals surface area (Å²) in [5.74, 6) is -0.108. The Morgan fingerprint density at radius 1 is 1.42 bits per heavy atom. The Bertz CT molecular complexity index is 344. The summed E-state index contributed by atoms with van der Waals surface area (Å²) in [7, 11) is 1.67. The molecule has 2 amide bonds. The van der Waals surface area contributed by atoms with E-state index in [-0.39, 0.29) is 18.5 Å².